The fraction of sp³-hybridized carbons (Fsp3) is 0.279. The lowest BCUT2D eigenvalue weighted by molar-refractivity contribution is 0.0760. The fourth-order valence-electron chi connectivity index (χ4n) is 7.61. The topological polar surface area (TPSA) is 113 Å². The van der Waals surface area contributed by atoms with E-state index in [2.05, 4.69) is 58.0 Å². The number of rotatable bonds is 14. The van der Waals surface area contributed by atoms with Crippen LogP contribution in [0.3, 0.4) is 0 Å². The Labute approximate surface area is 303 Å². The zero-order valence-electron chi connectivity index (χ0n) is 29.5. The normalized spacial score (nSPS) is 15.0. The van der Waals surface area contributed by atoms with Gasteiger partial charge in [0.2, 0.25) is 11.6 Å². The summed E-state index contributed by atoms with van der Waals surface area (Å²) in [7, 11) is 0. The van der Waals surface area contributed by atoms with Crippen molar-refractivity contribution in [2.24, 2.45) is 5.92 Å². The third-order valence-electron chi connectivity index (χ3n) is 10.4. The first-order chi connectivity index (χ1) is 25.4. The summed E-state index contributed by atoms with van der Waals surface area (Å²) < 4.78 is 1.86. The van der Waals surface area contributed by atoms with Crippen LogP contribution in [-0.4, -0.2) is 67.6 Å². The third kappa shape index (κ3) is 7.22. The number of likely N-dealkylation sites (tertiary alicyclic amines) is 1. The Morgan fingerprint density at radius 1 is 0.904 bits per heavy atom. The molecule has 2 atom stereocenters. The van der Waals surface area contributed by atoms with Crippen molar-refractivity contribution in [2.75, 3.05) is 19.6 Å². The van der Waals surface area contributed by atoms with Gasteiger partial charge in [0.05, 0.1) is 22.1 Å². The number of aromatic nitrogens is 4. The van der Waals surface area contributed by atoms with E-state index in [9.17, 15) is 14.4 Å². The molecule has 2 unspecified atom stereocenters. The standard InChI is InChI=1S/C43H44N6O3/c1-3-24-49-37-21-12-11-19-35(37)46-42(49)40(51)34-18-13-20-36-38(34)47-41(45-36)39(50)30-22-25-48(26-23-30)33(4-2)27-32(29-14-7-5-8-15-29)28-44-43(52)31-16-9-6-10-17-31/h3,5-21,30,32-33H,1,4,22-28H2,2H3,(H,44,52)(H,45,47). The van der Waals surface area contributed by atoms with Crippen molar-refractivity contribution in [2.45, 2.75) is 51.1 Å². The summed E-state index contributed by atoms with van der Waals surface area (Å²) in [5, 5.41) is 3.17. The van der Waals surface area contributed by atoms with Crippen LogP contribution in [-0.2, 0) is 6.54 Å². The first-order valence-corrected chi connectivity index (χ1v) is 18.2. The number of nitrogens with zero attached hydrogens (tertiary/aromatic N) is 4. The van der Waals surface area contributed by atoms with Gasteiger partial charge in [-0.1, -0.05) is 79.7 Å². The Balaban J connectivity index is 1.03. The lowest BCUT2D eigenvalue weighted by atomic mass is 9.87. The zero-order chi connectivity index (χ0) is 36.0. The van der Waals surface area contributed by atoms with E-state index >= 15 is 0 Å². The molecule has 2 N–H and O–H groups in total. The predicted molar refractivity (Wildman–Crippen MR) is 205 cm³/mol. The number of carbonyl (C=O) groups is 3. The minimum Gasteiger partial charge on any atom is -0.351 e. The van der Waals surface area contributed by atoms with E-state index in [1.54, 1.807) is 12.1 Å². The maximum Gasteiger partial charge on any atom is 0.251 e. The number of benzene rings is 4. The lowest BCUT2D eigenvalue weighted by Gasteiger charge is -2.38. The summed E-state index contributed by atoms with van der Waals surface area (Å²) in [4.78, 5) is 55.9. The quantitative estimate of drug-likeness (QED) is 0.0898. The molecule has 264 valence electrons. The van der Waals surface area contributed by atoms with Crippen molar-refractivity contribution in [1.82, 2.24) is 29.7 Å². The van der Waals surface area contributed by atoms with E-state index in [4.69, 9.17) is 4.98 Å². The van der Waals surface area contributed by atoms with Crippen LogP contribution in [0.5, 0.6) is 0 Å². The van der Waals surface area contributed by atoms with E-state index in [0.29, 0.717) is 52.9 Å². The molecular formula is C43H44N6O3. The average Bonchev–Trinajstić information content (AvgIpc) is 3.80. The lowest BCUT2D eigenvalue weighted by Crippen LogP contribution is -2.44. The first kappa shape index (κ1) is 34.8. The van der Waals surface area contributed by atoms with E-state index < -0.39 is 0 Å². The number of fused-ring (bicyclic) bond motifs is 2. The van der Waals surface area contributed by atoms with Crippen LogP contribution in [0.1, 0.15) is 81.2 Å². The maximum atomic E-state index is 14.0. The molecule has 2 aromatic heterocycles. The second-order valence-corrected chi connectivity index (χ2v) is 13.6. The van der Waals surface area contributed by atoms with Gasteiger partial charge in [-0.15, -0.1) is 6.58 Å². The number of H-pyrrole nitrogens is 1. The van der Waals surface area contributed by atoms with Crippen molar-refractivity contribution in [3.63, 3.8) is 0 Å². The summed E-state index contributed by atoms with van der Waals surface area (Å²) in [6.45, 7) is 8.68. The summed E-state index contributed by atoms with van der Waals surface area (Å²) >= 11 is 0. The number of Topliss-reactive ketones (excluding diaryl/α,β-unsaturated/α-hetero) is 1. The molecule has 7 rings (SSSR count). The summed E-state index contributed by atoms with van der Waals surface area (Å²) in [5.74, 6) is 0.255. The SMILES string of the molecule is C=CCn1c(C(=O)c2cccc3[nH]c(C(=O)C4CCN(C(CC)CC(CNC(=O)c5ccccc5)c5ccccc5)CC4)nc23)nc2ccccc21. The number of hydrogen-bond donors (Lipinski definition) is 2. The van der Waals surface area contributed by atoms with Gasteiger partial charge in [0.25, 0.3) is 5.91 Å². The third-order valence-corrected chi connectivity index (χ3v) is 10.4. The molecule has 1 amide bonds. The Bertz CT molecular complexity index is 2200. The number of amides is 1. The highest BCUT2D eigenvalue weighted by Gasteiger charge is 2.32. The van der Waals surface area contributed by atoms with Crippen molar-refractivity contribution in [3.05, 3.63) is 144 Å². The molecule has 1 aliphatic heterocycles. The van der Waals surface area contributed by atoms with Crippen LogP contribution in [0.2, 0.25) is 0 Å². The van der Waals surface area contributed by atoms with Gasteiger partial charge < -0.3 is 19.8 Å². The van der Waals surface area contributed by atoms with Crippen LogP contribution in [0, 0.1) is 5.92 Å². The van der Waals surface area contributed by atoms with Crippen LogP contribution in [0.25, 0.3) is 22.1 Å². The highest BCUT2D eigenvalue weighted by Crippen LogP contribution is 2.30. The van der Waals surface area contributed by atoms with Crippen LogP contribution in [0.4, 0.5) is 0 Å². The molecule has 4 aromatic carbocycles. The molecule has 0 bridgehead atoms. The highest BCUT2D eigenvalue weighted by molar-refractivity contribution is 6.15. The van der Waals surface area contributed by atoms with Crippen molar-refractivity contribution in [1.29, 1.82) is 0 Å². The van der Waals surface area contributed by atoms with E-state index in [1.165, 1.54) is 5.56 Å². The van der Waals surface area contributed by atoms with Gasteiger partial charge in [0.1, 0.15) is 5.52 Å². The summed E-state index contributed by atoms with van der Waals surface area (Å²) in [6.07, 6.45) is 5.07. The first-order valence-electron chi connectivity index (χ1n) is 18.2. The Morgan fingerprint density at radius 3 is 2.35 bits per heavy atom. The number of para-hydroxylation sites is 3. The van der Waals surface area contributed by atoms with Gasteiger partial charge in [-0.05, 0) is 80.7 Å². The van der Waals surface area contributed by atoms with E-state index in [1.807, 2.05) is 77.4 Å². The average molecular weight is 693 g/mol. The molecule has 52 heavy (non-hydrogen) atoms. The number of aromatic amines is 1. The van der Waals surface area contributed by atoms with Gasteiger partial charge in [0.15, 0.2) is 11.6 Å². The molecular weight excluding hydrogens is 649 g/mol. The number of nitrogens with one attached hydrogen (secondary N) is 2. The second kappa shape index (κ2) is 15.7. The van der Waals surface area contributed by atoms with Crippen LogP contribution >= 0.6 is 0 Å². The monoisotopic (exact) mass is 692 g/mol. The Hall–Kier alpha value is -5.67. The molecule has 1 aliphatic rings. The van der Waals surface area contributed by atoms with Gasteiger partial charge >= 0.3 is 0 Å². The maximum absolute atomic E-state index is 14.0. The molecule has 0 radical (unpaired) electrons. The molecule has 0 aliphatic carbocycles. The molecule has 9 nitrogen and oxygen atoms in total. The fourth-order valence-corrected chi connectivity index (χ4v) is 7.61. The Kier molecular flexibility index (Phi) is 10.5. The zero-order valence-corrected chi connectivity index (χ0v) is 29.5. The van der Waals surface area contributed by atoms with Crippen molar-refractivity contribution >= 4 is 39.5 Å². The number of piperidine rings is 1. The number of carbonyl (C=O) groups excluding carboxylic acids is 3. The molecule has 1 saturated heterocycles. The van der Waals surface area contributed by atoms with E-state index in [0.717, 1.165) is 49.8 Å². The second-order valence-electron chi connectivity index (χ2n) is 13.6. The van der Waals surface area contributed by atoms with Gasteiger partial charge in [-0.2, -0.15) is 0 Å². The number of hydrogen-bond acceptors (Lipinski definition) is 6. The molecule has 0 spiro atoms. The molecule has 1 fully saturated rings. The Morgan fingerprint density at radius 2 is 1.62 bits per heavy atom. The van der Waals surface area contributed by atoms with E-state index in [-0.39, 0.29) is 29.3 Å². The molecule has 9 heteroatoms. The summed E-state index contributed by atoms with van der Waals surface area (Å²) in [5.41, 5.74) is 4.99. The number of allylic oxidation sites excluding steroid dienone is 1. The molecule has 0 saturated carbocycles. The summed E-state index contributed by atoms with van der Waals surface area (Å²) in [6, 6.07) is 33.1. The highest BCUT2D eigenvalue weighted by atomic mass is 16.2. The molecule has 6 aromatic rings. The number of imidazole rings is 2. The van der Waals surface area contributed by atoms with Crippen LogP contribution < -0.4 is 5.32 Å². The van der Waals surface area contributed by atoms with Gasteiger partial charge in [-0.3, -0.25) is 14.4 Å². The minimum absolute atomic E-state index is 0.0213. The predicted octanol–water partition coefficient (Wildman–Crippen LogP) is 7.61. The smallest absolute Gasteiger partial charge is 0.251 e. The van der Waals surface area contributed by atoms with Crippen molar-refractivity contribution < 1.29 is 14.4 Å². The van der Waals surface area contributed by atoms with Gasteiger partial charge in [-0.25, -0.2) is 9.97 Å². The number of ketones is 2. The van der Waals surface area contributed by atoms with Crippen molar-refractivity contribution in [3.8, 4) is 0 Å². The van der Waals surface area contributed by atoms with Crippen LogP contribution in [0.15, 0.2) is 116 Å². The van der Waals surface area contributed by atoms with Gasteiger partial charge in [0, 0.05) is 36.5 Å². The minimum atomic E-state index is -0.249. The molecule has 3 heterocycles. The largest absolute Gasteiger partial charge is 0.351 e.